The number of carbonyl (C=O) groups is 2. The van der Waals surface area contributed by atoms with Crippen LogP contribution in [0.5, 0.6) is 0 Å². The van der Waals surface area contributed by atoms with E-state index in [0.29, 0.717) is 5.69 Å². The molecule has 1 aliphatic carbocycles. The Morgan fingerprint density at radius 2 is 2.11 bits per heavy atom. The van der Waals surface area contributed by atoms with E-state index in [4.69, 9.17) is 9.63 Å². The molecule has 0 fully saturated rings. The third-order valence-electron chi connectivity index (χ3n) is 3.27. The van der Waals surface area contributed by atoms with Gasteiger partial charge in [0.05, 0.1) is 6.42 Å². The quantitative estimate of drug-likeness (QED) is 0.806. The van der Waals surface area contributed by atoms with Crippen LogP contribution >= 0.6 is 0 Å². The summed E-state index contributed by atoms with van der Waals surface area (Å²) in [5.41, 5.74) is 1.20. The average molecular weight is 266 g/mol. The zero-order chi connectivity index (χ0) is 13.8. The first-order chi connectivity index (χ1) is 9.08. The Hall–Kier alpha value is -1.85. The Bertz CT molecular complexity index is 481. The zero-order valence-electron chi connectivity index (χ0n) is 10.9. The molecule has 1 aliphatic rings. The lowest BCUT2D eigenvalue weighted by molar-refractivity contribution is -0.137. The Labute approximate surface area is 111 Å². The number of amides is 1. The second kappa shape index (κ2) is 5.86. The molecule has 1 unspecified atom stereocenters. The monoisotopic (exact) mass is 266 g/mol. The van der Waals surface area contributed by atoms with Gasteiger partial charge in [-0.3, -0.25) is 9.59 Å². The van der Waals surface area contributed by atoms with Crippen LogP contribution in [-0.4, -0.2) is 28.2 Å². The van der Waals surface area contributed by atoms with Gasteiger partial charge in [-0.05, 0) is 26.2 Å². The number of hydrogen-bond donors (Lipinski definition) is 2. The normalized spacial score (nSPS) is 16.3. The summed E-state index contributed by atoms with van der Waals surface area (Å²) in [5, 5.41) is 15.2. The van der Waals surface area contributed by atoms with Gasteiger partial charge in [-0.1, -0.05) is 11.6 Å². The maximum atomic E-state index is 12.1. The maximum absolute atomic E-state index is 12.1. The lowest BCUT2D eigenvalue weighted by Crippen LogP contribution is -2.34. The van der Waals surface area contributed by atoms with Crippen LogP contribution in [0.3, 0.4) is 0 Å². The third kappa shape index (κ3) is 3.33. The number of nitrogens with zero attached hydrogens (tertiary/aromatic N) is 1. The van der Waals surface area contributed by atoms with Crippen LogP contribution in [0.1, 0.15) is 54.4 Å². The van der Waals surface area contributed by atoms with E-state index in [0.717, 1.165) is 43.4 Å². The summed E-state index contributed by atoms with van der Waals surface area (Å²) in [6, 6.07) is -0.428. The van der Waals surface area contributed by atoms with Gasteiger partial charge in [-0.15, -0.1) is 0 Å². The van der Waals surface area contributed by atoms with Crippen LogP contribution in [-0.2, 0) is 17.6 Å². The van der Waals surface area contributed by atoms with Gasteiger partial charge in [0, 0.05) is 18.0 Å². The van der Waals surface area contributed by atoms with Crippen LogP contribution in [0, 0.1) is 0 Å². The van der Waals surface area contributed by atoms with Crippen molar-refractivity contribution >= 4 is 11.9 Å². The van der Waals surface area contributed by atoms with Gasteiger partial charge in [0.1, 0.15) is 5.76 Å². The Balaban J connectivity index is 2.07. The Morgan fingerprint density at radius 3 is 2.84 bits per heavy atom. The van der Waals surface area contributed by atoms with Crippen molar-refractivity contribution in [3.05, 3.63) is 17.0 Å². The minimum atomic E-state index is -0.938. The predicted octanol–water partition coefficient (Wildman–Crippen LogP) is 1.54. The van der Waals surface area contributed by atoms with Gasteiger partial charge >= 0.3 is 5.97 Å². The first-order valence-electron chi connectivity index (χ1n) is 6.58. The number of aryl methyl sites for hydroxylation is 1. The van der Waals surface area contributed by atoms with E-state index in [1.165, 1.54) is 0 Å². The number of aliphatic carboxylic acids is 1. The molecule has 1 heterocycles. The molecule has 2 N–H and O–H groups in total. The highest BCUT2D eigenvalue weighted by Crippen LogP contribution is 2.23. The van der Waals surface area contributed by atoms with Gasteiger partial charge in [0.15, 0.2) is 5.69 Å². The van der Waals surface area contributed by atoms with Gasteiger partial charge < -0.3 is 14.9 Å². The molecule has 19 heavy (non-hydrogen) atoms. The SMILES string of the molecule is CC(CC(=O)O)NC(=O)c1noc2c1CCCCC2. The van der Waals surface area contributed by atoms with Crippen molar-refractivity contribution in [1.29, 1.82) is 0 Å². The van der Waals surface area contributed by atoms with Gasteiger partial charge in [0.2, 0.25) is 0 Å². The van der Waals surface area contributed by atoms with Crippen LogP contribution in [0.25, 0.3) is 0 Å². The van der Waals surface area contributed by atoms with Crippen molar-refractivity contribution < 1.29 is 19.2 Å². The summed E-state index contributed by atoms with van der Waals surface area (Å²) in [7, 11) is 0. The molecule has 0 saturated heterocycles. The van der Waals surface area contributed by atoms with E-state index in [1.54, 1.807) is 6.92 Å². The highest BCUT2D eigenvalue weighted by atomic mass is 16.5. The molecule has 0 saturated carbocycles. The van der Waals surface area contributed by atoms with Gasteiger partial charge in [-0.2, -0.15) is 0 Å². The summed E-state index contributed by atoms with van der Waals surface area (Å²) >= 11 is 0. The molecule has 0 aromatic carbocycles. The fraction of sp³-hybridized carbons (Fsp3) is 0.615. The summed E-state index contributed by atoms with van der Waals surface area (Å²) in [6.45, 7) is 1.66. The summed E-state index contributed by atoms with van der Waals surface area (Å²) in [4.78, 5) is 22.6. The number of rotatable bonds is 4. The van der Waals surface area contributed by atoms with E-state index in [2.05, 4.69) is 10.5 Å². The predicted molar refractivity (Wildman–Crippen MR) is 66.9 cm³/mol. The molecule has 1 aromatic rings. The van der Waals surface area contributed by atoms with Crippen molar-refractivity contribution in [1.82, 2.24) is 10.5 Å². The number of fused-ring (bicyclic) bond motifs is 1. The molecule has 1 aromatic heterocycles. The van der Waals surface area contributed by atoms with Crippen molar-refractivity contribution in [2.45, 2.75) is 51.5 Å². The molecule has 1 atom stereocenters. The van der Waals surface area contributed by atoms with Crippen molar-refractivity contribution in [3.63, 3.8) is 0 Å². The molecule has 2 rings (SSSR count). The largest absolute Gasteiger partial charge is 0.481 e. The number of aromatic nitrogens is 1. The fourth-order valence-electron chi connectivity index (χ4n) is 2.35. The molecule has 1 amide bonds. The third-order valence-corrected chi connectivity index (χ3v) is 3.27. The number of carbonyl (C=O) groups excluding carboxylic acids is 1. The molecule has 0 spiro atoms. The smallest absolute Gasteiger partial charge is 0.305 e. The molecule has 0 bridgehead atoms. The number of hydrogen-bond acceptors (Lipinski definition) is 4. The summed E-state index contributed by atoms with van der Waals surface area (Å²) in [5.74, 6) is -0.485. The summed E-state index contributed by atoms with van der Waals surface area (Å²) < 4.78 is 5.22. The van der Waals surface area contributed by atoms with E-state index in [1.807, 2.05) is 0 Å². The number of carboxylic acids is 1. The van der Waals surface area contributed by atoms with Crippen LogP contribution in [0.4, 0.5) is 0 Å². The average Bonchev–Trinajstić information content (AvgIpc) is 2.57. The van der Waals surface area contributed by atoms with Crippen molar-refractivity contribution in [2.75, 3.05) is 0 Å². The fourth-order valence-corrected chi connectivity index (χ4v) is 2.35. The van der Waals surface area contributed by atoms with E-state index in [9.17, 15) is 9.59 Å². The number of nitrogens with one attached hydrogen (secondary N) is 1. The van der Waals surface area contributed by atoms with Gasteiger partial charge in [-0.25, -0.2) is 0 Å². The molecule has 0 radical (unpaired) electrons. The highest BCUT2D eigenvalue weighted by molar-refractivity contribution is 5.94. The Kier molecular flexibility index (Phi) is 4.19. The molecule has 6 nitrogen and oxygen atoms in total. The maximum Gasteiger partial charge on any atom is 0.305 e. The van der Waals surface area contributed by atoms with Crippen molar-refractivity contribution in [3.8, 4) is 0 Å². The molecular weight excluding hydrogens is 248 g/mol. The molecule has 0 aliphatic heterocycles. The molecule has 104 valence electrons. The summed E-state index contributed by atoms with van der Waals surface area (Å²) in [6.07, 6.45) is 4.72. The second-order valence-electron chi connectivity index (χ2n) is 4.97. The zero-order valence-corrected chi connectivity index (χ0v) is 10.9. The van der Waals surface area contributed by atoms with E-state index >= 15 is 0 Å². The van der Waals surface area contributed by atoms with Crippen LogP contribution < -0.4 is 5.32 Å². The van der Waals surface area contributed by atoms with Gasteiger partial charge in [0.25, 0.3) is 5.91 Å². The molecular formula is C13H18N2O4. The Morgan fingerprint density at radius 1 is 1.37 bits per heavy atom. The van der Waals surface area contributed by atoms with Crippen LogP contribution in [0.2, 0.25) is 0 Å². The lowest BCUT2D eigenvalue weighted by Gasteiger charge is -2.10. The first-order valence-corrected chi connectivity index (χ1v) is 6.58. The van der Waals surface area contributed by atoms with Crippen LogP contribution in [0.15, 0.2) is 4.52 Å². The second-order valence-corrected chi connectivity index (χ2v) is 4.97. The highest BCUT2D eigenvalue weighted by Gasteiger charge is 2.24. The number of carboxylic acid groups (broad SMARTS) is 1. The van der Waals surface area contributed by atoms with E-state index in [-0.39, 0.29) is 12.3 Å². The standard InChI is InChI=1S/C13H18N2O4/c1-8(7-11(16)17)14-13(18)12-9-5-3-2-4-6-10(9)19-15-12/h8H,2-7H2,1H3,(H,14,18)(H,16,17). The van der Waals surface area contributed by atoms with Crippen molar-refractivity contribution in [2.24, 2.45) is 0 Å². The lowest BCUT2D eigenvalue weighted by atomic mass is 10.1. The minimum Gasteiger partial charge on any atom is -0.481 e. The van der Waals surface area contributed by atoms with E-state index < -0.39 is 12.0 Å². The first kappa shape index (κ1) is 13.6. The molecule has 6 heteroatoms. The minimum absolute atomic E-state index is 0.105. The topological polar surface area (TPSA) is 92.4 Å².